The van der Waals surface area contributed by atoms with Gasteiger partial charge in [-0.3, -0.25) is 0 Å². The number of ether oxygens (including phenoxy) is 1. The highest BCUT2D eigenvalue weighted by atomic mass is 19.4. The highest BCUT2D eigenvalue weighted by Crippen LogP contribution is 2.35. The first-order valence-corrected chi connectivity index (χ1v) is 13.2. The number of anilines is 4. The van der Waals surface area contributed by atoms with Crippen molar-refractivity contribution in [2.24, 2.45) is 0 Å². The molecule has 0 saturated heterocycles. The van der Waals surface area contributed by atoms with Gasteiger partial charge in [0.05, 0.1) is 6.61 Å². The molecule has 3 aromatic rings. The van der Waals surface area contributed by atoms with Gasteiger partial charge in [-0.05, 0) is 61.2 Å². The minimum Gasteiger partial charge on any atom is -0.494 e. The van der Waals surface area contributed by atoms with Crippen LogP contribution in [0.3, 0.4) is 0 Å². The number of aryl methyl sites for hydroxylation is 1. The molecule has 0 atom stereocenters. The second-order valence-electron chi connectivity index (χ2n) is 9.15. The van der Waals surface area contributed by atoms with Gasteiger partial charge in [-0.15, -0.1) is 0 Å². The molecule has 0 aliphatic heterocycles. The summed E-state index contributed by atoms with van der Waals surface area (Å²) in [5.41, 5.74) is 1.37. The highest BCUT2D eigenvalue weighted by molar-refractivity contribution is 5.63. The smallest absolute Gasteiger partial charge is 0.421 e. The second kappa shape index (κ2) is 14.4. The number of benzene rings is 2. The number of nitrogens with one attached hydrogen (secondary N) is 2. The number of halogens is 3. The Labute approximate surface area is 217 Å². The fraction of sp³-hybridized carbons (Fsp3) is 0.448. The van der Waals surface area contributed by atoms with E-state index in [9.17, 15) is 13.2 Å². The standard InChI is InChI=1S/C29H37F3N4O/c1-3-5-7-9-12-22-13-11-14-24(20-22)34-27-26(29(30,31)32)21-33-28(36-27)35-23-15-17-25(18-16-23)37-19-10-8-6-4-2/h11,13-18,20-21H,3-10,12,19H2,1-2H3,(H2,33,34,35,36). The van der Waals surface area contributed by atoms with Crippen LogP contribution in [0.25, 0.3) is 0 Å². The Bertz CT molecular complexity index is 1090. The summed E-state index contributed by atoms with van der Waals surface area (Å²) in [7, 11) is 0. The Kier molecular flexibility index (Phi) is 11.0. The van der Waals surface area contributed by atoms with Gasteiger partial charge in [-0.25, -0.2) is 4.98 Å². The van der Waals surface area contributed by atoms with Crippen molar-refractivity contribution >= 4 is 23.1 Å². The van der Waals surface area contributed by atoms with E-state index < -0.39 is 11.7 Å². The number of hydrogen-bond donors (Lipinski definition) is 2. The van der Waals surface area contributed by atoms with E-state index in [-0.39, 0.29) is 11.8 Å². The van der Waals surface area contributed by atoms with Crippen LogP contribution >= 0.6 is 0 Å². The van der Waals surface area contributed by atoms with E-state index in [1.807, 2.05) is 30.3 Å². The van der Waals surface area contributed by atoms with Crippen LogP contribution in [0.4, 0.5) is 36.3 Å². The molecule has 0 fully saturated rings. The summed E-state index contributed by atoms with van der Waals surface area (Å²) in [5.74, 6) is 0.520. The summed E-state index contributed by atoms with van der Waals surface area (Å²) < 4.78 is 46.8. The molecular weight excluding hydrogens is 477 g/mol. The minimum absolute atomic E-state index is 0.0689. The molecule has 1 heterocycles. The van der Waals surface area contributed by atoms with Crippen LogP contribution in [0.2, 0.25) is 0 Å². The molecule has 0 amide bonds. The van der Waals surface area contributed by atoms with Gasteiger partial charge in [0.15, 0.2) is 0 Å². The first-order chi connectivity index (χ1) is 17.9. The number of aromatic nitrogens is 2. The maximum absolute atomic E-state index is 13.7. The van der Waals surface area contributed by atoms with Crippen LogP contribution in [0, 0.1) is 0 Å². The molecular formula is C29H37F3N4O. The van der Waals surface area contributed by atoms with Crippen molar-refractivity contribution < 1.29 is 17.9 Å². The molecule has 2 aromatic carbocycles. The number of alkyl halides is 3. The van der Waals surface area contributed by atoms with Crippen molar-refractivity contribution in [3.8, 4) is 5.75 Å². The lowest BCUT2D eigenvalue weighted by atomic mass is 10.1. The SMILES string of the molecule is CCCCCCOc1ccc(Nc2ncc(C(F)(F)F)c(Nc3cccc(CCCCCC)c3)n2)cc1. The third kappa shape index (κ3) is 9.59. The molecule has 0 bridgehead atoms. The normalized spacial score (nSPS) is 11.4. The lowest BCUT2D eigenvalue weighted by Gasteiger charge is -2.15. The fourth-order valence-electron chi connectivity index (χ4n) is 3.92. The van der Waals surface area contributed by atoms with Gasteiger partial charge < -0.3 is 15.4 Å². The van der Waals surface area contributed by atoms with E-state index in [0.29, 0.717) is 18.0 Å². The molecule has 3 rings (SSSR count). The Balaban J connectivity index is 1.69. The van der Waals surface area contributed by atoms with Crippen LogP contribution in [0.15, 0.2) is 54.7 Å². The number of rotatable bonds is 15. The first-order valence-electron chi connectivity index (χ1n) is 13.2. The molecule has 0 radical (unpaired) electrons. The average Bonchev–Trinajstić information content (AvgIpc) is 2.87. The summed E-state index contributed by atoms with van der Waals surface area (Å²) in [4.78, 5) is 8.07. The van der Waals surface area contributed by atoms with Gasteiger partial charge in [0.1, 0.15) is 17.1 Å². The van der Waals surface area contributed by atoms with Crippen molar-refractivity contribution in [1.29, 1.82) is 0 Å². The third-order valence-corrected chi connectivity index (χ3v) is 5.98. The Morgan fingerprint density at radius 3 is 2.24 bits per heavy atom. The number of unbranched alkanes of at least 4 members (excludes halogenated alkanes) is 6. The molecule has 0 spiro atoms. The zero-order valence-electron chi connectivity index (χ0n) is 21.7. The summed E-state index contributed by atoms with van der Waals surface area (Å²) in [5, 5.41) is 5.85. The quantitative estimate of drug-likeness (QED) is 0.198. The van der Waals surface area contributed by atoms with Crippen molar-refractivity contribution in [2.75, 3.05) is 17.2 Å². The van der Waals surface area contributed by atoms with Gasteiger partial charge in [0.2, 0.25) is 5.95 Å². The second-order valence-corrected chi connectivity index (χ2v) is 9.15. The van der Waals surface area contributed by atoms with Crippen molar-refractivity contribution in [3.63, 3.8) is 0 Å². The zero-order chi connectivity index (χ0) is 26.5. The zero-order valence-corrected chi connectivity index (χ0v) is 21.7. The van der Waals surface area contributed by atoms with Gasteiger partial charge in [-0.1, -0.05) is 64.5 Å². The van der Waals surface area contributed by atoms with E-state index in [1.54, 1.807) is 18.2 Å². The average molecular weight is 515 g/mol. The summed E-state index contributed by atoms with van der Waals surface area (Å²) in [6.45, 7) is 4.98. The van der Waals surface area contributed by atoms with Gasteiger partial charge in [0.25, 0.3) is 0 Å². The van der Waals surface area contributed by atoms with Crippen LogP contribution in [0.1, 0.15) is 76.3 Å². The fourth-order valence-corrected chi connectivity index (χ4v) is 3.92. The van der Waals surface area contributed by atoms with Crippen molar-refractivity contribution in [1.82, 2.24) is 9.97 Å². The molecule has 8 heteroatoms. The van der Waals surface area contributed by atoms with Gasteiger partial charge in [0, 0.05) is 17.6 Å². The lowest BCUT2D eigenvalue weighted by molar-refractivity contribution is -0.137. The Morgan fingerprint density at radius 1 is 0.811 bits per heavy atom. The predicted octanol–water partition coefficient (Wildman–Crippen LogP) is 9.06. The van der Waals surface area contributed by atoms with Crippen molar-refractivity contribution in [2.45, 2.75) is 77.8 Å². The van der Waals surface area contributed by atoms with Crippen LogP contribution in [-0.2, 0) is 12.6 Å². The molecule has 200 valence electrons. The topological polar surface area (TPSA) is 59.1 Å². The maximum Gasteiger partial charge on any atom is 0.421 e. The Hall–Kier alpha value is -3.29. The molecule has 1 aromatic heterocycles. The minimum atomic E-state index is -4.59. The molecule has 2 N–H and O–H groups in total. The molecule has 5 nitrogen and oxygen atoms in total. The van der Waals surface area contributed by atoms with E-state index in [2.05, 4.69) is 34.4 Å². The van der Waals surface area contributed by atoms with E-state index in [4.69, 9.17) is 4.74 Å². The van der Waals surface area contributed by atoms with Crippen LogP contribution in [0.5, 0.6) is 5.75 Å². The maximum atomic E-state index is 13.7. The number of nitrogens with zero attached hydrogens (tertiary/aromatic N) is 2. The predicted molar refractivity (Wildman–Crippen MR) is 144 cm³/mol. The van der Waals surface area contributed by atoms with E-state index in [1.165, 1.54) is 19.3 Å². The molecule has 0 saturated carbocycles. The summed E-state index contributed by atoms with van der Waals surface area (Å²) in [6, 6.07) is 14.7. The lowest BCUT2D eigenvalue weighted by Crippen LogP contribution is -2.12. The summed E-state index contributed by atoms with van der Waals surface area (Å²) in [6.07, 6.45) is 6.14. The highest BCUT2D eigenvalue weighted by Gasteiger charge is 2.35. The molecule has 37 heavy (non-hydrogen) atoms. The monoisotopic (exact) mass is 514 g/mol. The molecule has 0 aliphatic carbocycles. The Morgan fingerprint density at radius 2 is 1.54 bits per heavy atom. The third-order valence-electron chi connectivity index (χ3n) is 5.98. The van der Waals surface area contributed by atoms with E-state index in [0.717, 1.165) is 56.0 Å². The van der Waals surface area contributed by atoms with E-state index >= 15 is 0 Å². The van der Waals surface area contributed by atoms with Crippen molar-refractivity contribution in [3.05, 3.63) is 65.9 Å². The van der Waals surface area contributed by atoms with Gasteiger partial charge >= 0.3 is 6.18 Å². The van der Waals surface area contributed by atoms with Crippen LogP contribution < -0.4 is 15.4 Å². The number of hydrogen-bond acceptors (Lipinski definition) is 5. The molecule has 0 unspecified atom stereocenters. The largest absolute Gasteiger partial charge is 0.494 e. The van der Waals surface area contributed by atoms with Gasteiger partial charge in [-0.2, -0.15) is 18.2 Å². The van der Waals surface area contributed by atoms with Crippen LogP contribution in [-0.4, -0.2) is 16.6 Å². The summed E-state index contributed by atoms with van der Waals surface area (Å²) >= 11 is 0. The molecule has 0 aliphatic rings. The first kappa shape index (κ1) is 28.3.